The van der Waals surface area contributed by atoms with Crippen LogP contribution in [0.3, 0.4) is 0 Å². The Morgan fingerprint density at radius 3 is 2.72 bits per heavy atom. The van der Waals surface area contributed by atoms with Gasteiger partial charge in [-0.15, -0.1) is 4.68 Å². The van der Waals surface area contributed by atoms with Crippen molar-refractivity contribution in [3.63, 3.8) is 0 Å². The average Bonchev–Trinajstić information content (AvgIpc) is 3.40. The van der Waals surface area contributed by atoms with E-state index < -0.39 is 0 Å². The predicted molar refractivity (Wildman–Crippen MR) is 108 cm³/mol. The number of rotatable bonds is 3. The lowest BCUT2D eigenvalue weighted by atomic mass is 10.0. The maximum absolute atomic E-state index is 13.1. The van der Waals surface area contributed by atoms with Crippen molar-refractivity contribution < 1.29 is 9.42 Å². The van der Waals surface area contributed by atoms with Crippen LogP contribution in [0.1, 0.15) is 5.69 Å². The summed E-state index contributed by atoms with van der Waals surface area (Å²) in [5, 5.41) is 11.0. The van der Waals surface area contributed by atoms with E-state index in [-0.39, 0.29) is 5.69 Å². The van der Waals surface area contributed by atoms with Crippen molar-refractivity contribution in [2.24, 2.45) is 14.1 Å². The fourth-order valence-corrected chi connectivity index (χ4v) is 3.81. The number of hydrogen-bond acceptors (Lipinski definition) is 4. The summed E-state index contributed by atoms with van der Waals surface area (Å²) >= 11 is 0. The molecular weight excluding hydrogens is 370 g/mol. The first-order valence-electron chi connectivity index (χ1n) is 9.12. The molecule has 0 saturated heterocycles. The first kappa shape index (κ1) is 17.2. The van der Waals surface area contributed by atoms with Crippen molar-refractivity contribution in [2.45, 2.75) is 6.92 Å². The van der Waals surface area contributed by atoms with Crippen LogP contribution >= 0.6 is 0 Å². The summed E-state index contributed by atoms with van der Waals surface area (Å²) in [6.45, 7) is 1.89. The van der Waals surface area contributed by atoms with Crippen LogP contribution < -0.4 is 15.1 Å². The average molecular weight is 390 g/mol. The van der Waals surface area contributed by atoms with Gasteiger partial charge in [-0.25, -0.2) is 4.79 Å². The summed E-state index contributed by atoms with van der Waals surface area (Å²) in [6, 6.07) is 3.93. The SMILES string of the molecule is COc1cc2ncc3c(c2cc1-c1c[nH][n+](C)c1)n(-c1cn[nH]c1C)c(=O)n3C. The number of benzene rings is 1. The van der Waals surface area contributed by atoms with Gasteiger partial charge in [0, 0.05) is 24.1 Å². The van der Waals surface area contributed by atoms with Gasteiger partial charge in [0.15, 0.2) is 7.05 Å². The minimum absolute atomic E-state index is 0.149. The number of imidazole rings is 1. The second-order valence-electron chi connectivity index (χ2n) is 7.09. The van der Waals surface area contributed by atoms with Gasteiger partial charge in [0.25, 0.3) is 0 Å². The highest BCUT2D eigenvalue weighted by atomic mass is 16.5. The van der Waals surface area contributed by atoms with Crippen molar-refractivity contribution in [1.29, 1.82) is 0 Å². The summed E-state index contributed by atoms with van der Waals surface area (Å²) in [6.07, 6.45) is 7.28. The highest BCUT2D eigenvalue weighted by Gasteiger charge is 2.20. The number of nitrogens with one attached hydrogen (secondary N) is 2. The monoisotopic (exact) mass is 390 g/mol. The maximum Gasteiger partial charge on any atom is 0.333 e. The summed E-state index contributed by atoms with van der Waals surface area (Å²) in [7, 11) is 5.32. The van der Waals surface area contributed by atoms with E-state index in [1.807, 2.05) is 43.2 Å². The van der Waals surface area contributed by atoms with Crippen LogP contribution in [0.4, 0.5) is 0 Å². The standard InChI is InChI=1S/C20H19N7O2/c1-11-16(9-22-24-11)27-19-14-5-13(12-7-23-25(2)10-12)18(29-4)6-15(14)21-8-17(19)26(3)20(27)28/h5-10H,1-4H3,(H,22,24)/p+1. The van der Waals surface area contributed by atoms with Crippen molar-refractivity contribution in [2.75, 3.05) is 7.11 Å². The largest absolute Gasteiger partial charge is 0.496 e. The number of pyridine rings is 1. The molecule has 0 bridgehead atoms. The highest BCUT2D eigenvalue weighted by Crippen LogP contribution is 2.36. The number of aromatic amines is 2. The number of aromatic nitrogens is 7. The Balaban J connectivity index is 1.95. The molecule has 2 N–H and O–H groups in total. The topological polar surface area (TPSA) is 97.4 Å². The quantitative estimate of drug-likeness (QED) is 0.459. The van der Waals surface area contributed by atoms with E-state index in [0.29, 0.717) is 5.75 Å². The van der Waals surface area contributed by atoms with E-state index in [4.69, 9.17) is 4.74 Å². The number of fused-ring (bicyclic) bond motifs is 3. The van der Waals surface area contributed by atoms with Crippen molar-refractivity contribution in [1.82, 2.24) is 29.4 Å². The lowest BCUT2D eigenvalue weighted by Crippen LogP contribution is -2.27. The number of H-pyrrole nitrogens is 2. The Morgan fingerprint density at radius 2 is 2.07 bits per heavy atom. The van der Waals surface area contributed by atoms with Gasteiger partial charge in [-0.3, -0.25) is 19.2 Å². The van der Waals surface area contributed by atoms with Crippen LogP contribution in [0.25, 0.3) is 38.8 Å². The molecule has 1 aromatic carbocycles. The first-order valence-corrected chi connectivity index (χ1v) is 9.12. The molecule has 9 heteroatoms. The zero-order valence-corrected chi connectivity index (χ0v) is 16.5. The zero-order chi connectivity index (χ0) is 20.3. The smallest absolute Gasteiger partial charge is 0.333 e. The van der Waals surface area contributed by atoms with Gasteiger partial charge in [-0.05, 0) is 13.0 Å². The molecule has 0 aliphatic carbocycles. The van der Waals surface area contributed by atoms with E-state index in [1.54, 1.807) is 35.7 Å². The molecule has 0 aliphatic rings. The van der Waals surface area contributed by atoms with Crippen LogP contribution in [0.15, 0.2) is 41.7 Å². The Bertz CT molecular complexity index is 1450. The number of hydrogen-bond donors (Lipinski definition) is 2. The van der Waals surface area contributed by atoms with Gasteiger partial charge in [0.2, 0.25) is 6.20 Å². The van der Waals surface area contributed by atoms with Gasteiger partial charge >= 0.3 is 5.69 Å². The third-order valence-corrected chi connectivity index (χ3v) is 5.32. The lowest BCUT2D eigenvalue weighted by molar-refractivity contribution is -0.726. The summed E-state index contributed by atoms with van der Waals surface area (Å²) < 4.78 is 10.8. The van der Waals surface area contributed by atoms with Crippen LogP contribution in [0, 0.1) is 6.92 Å². The third kappa shape index (κ3) is 2.40. The summed E-state index contributed by atoms with van der Waals surface area (Å²) in [5.41, 5.74) is 5.57. The third-order valence-electron chi connectivity index (χ3n) is 5.32. The molecule has 29 heavy (non-hydrogen) atoms. The van der Waals surface area contributed by atoms with Crippen molar-refractivity contribution >= 4 is 21.9 Å². The molecule has 0 amide bonds. The molecule has 9 nitrogen and oxygen atoms in total. The van der Waals surface area contributed by atoms with E-state index in [0.717, 1.165) is 44.4 Å². The molecule has 5 rings (SSSR count). The molecule has 4 aromatic heterocycles. The predicted octanol–water partition coefficient (Wildman–Crippen LogP) is 1.74. The number of nitrogens with zero attached hydrogens (tertiary/aromatic N) is 5. The molecule has 0 aliphatic heterocycles. The number of methoxy groups -OCH3 is 1. The Hall–Kier alpha value is -3.88. The van der Waals surface area contributed by atoms with E-state index in [2.05, 4.69) is 20.3 Å². The van der Waals surface area contributed by atoms with Crippen LogP contribution in [-0.4, -0.2) is 36.5 Å². The molecule has 0 saturated carbocycles. The second kappa shape index (κ2) is 6.06. The van der Waals surface area contributed by atoms with Gasteiger partial charge in [0.1, 0.15) is 5.75 Å². The molecule has 0 unspecified atom stereocenters. The van der Waals surface area contributed by atoms with Gasteiger partial charge in [-0.2, -0.15) is 10.2 Å². The summed E-state index contributed by atoms with van der Waals surface area (Å²) in [4.78, 5) is 17.7. The maximum atomic E-state index is 13.1. The van der Waals surface area contributed by atoms with Crippen molar-refractivity contribution in [3.05, 3.63) is 53.1 Å². The lowest BCUT2D eigenvalue weighted by Gasteiger charge is -2.10. The first-order chi connectivity index (χ1) is 14.0. The minimum atomic E-state index is -0.149. The molecule has 0 atom stereocenters. The van der Waals surface area contributed by atoms with E-state index in [1.165, 1.54) is 0 Å². The molecule has 0 spiro atoms. The highest BCUT2D eigenvalue weighted by molar-refractivity contribution is 6.05. The second-order valence-corrected chi connectivity index (χ2v) is 7.09. The fourth-order valence-electron chi connectivity index (χ4n) is 3.81. The fraction of sp³-hybridized carbons (Fsp3) is 0.200. The number of ether oxygens (including phenoxy) is 1. The Morgan fingerprint density at radius 1 is 1.24 bits per heavy atom. The van der Waals surface area contributed by atoms with Crippen LogP contribution in [-0.2, 0) is 14.1 Å². The molecule has 4 heterocycles. The van der Waals surface area contributed by atoms with Gasteiger partial charge in [0.05, 0.1) is 59.2 Å². The Kier molecular flexibility index (Phi) is 3.60. The van der Waals surface area contributed by atoms with Crippen LogP contribution in [0.2, 0.25) is 0 Å². The molecular formula is C20H20N7O2+. The van der Waals surface area contributed by atoms with Gasteiger partial charge < -0.3 is 4.74 Å². The van der Waals surface area contributed by atoms with Crippen LogP contribution in [0.5, 0.6) is 5.75 Å². The minimum Gasteiger partial charge on any atom is -0.496 e. The van der Waals surface area contributed by atoms with Gasteiger partial charge in [-0.1, -0.05) is 0 Å². The molecule has 146 valence electrons. The zero-order valence-electron chi connectivity index (χ0n) is 16.5. The normalized spacial score (nSPS) is 11.6. The molecule has 0 radical (unpaired) electrons. The van der Waals surface area contributed by atoms with Crippen molar-refractivity contribution in [3.8, 4) is 22.6 Å². The Labute approximate surface area is 165 Å². The molecule has 5 aromatic rings. The number of aryl methyl sites for hydroxylation is 3. The summed E-state index contributed by atoms with van der Waals surface area (Å²) in [5.74, 6) is 0.716. The molecule has 0 fully saturated rings. The van der Waals surface area contributed by atoms with E-state index in [9.17, 15) is 4.79 Å². The van der Waals surface area contributed by atoms with E-state index >= 15 is 0 Å².